The fourth-order valence-corrected chi connectivity index (χ4v) is 3.48. The molecule has 198 valence electrons. The molecule has 1 amide bonds. The Labute approximate surface area is 202 Å². The van der Waals surface area contributed by atoms with E-state index in [0.29, 0.717) is 0 Å². The van der Waals surface area contributed by atoms with Crippen LogP contribution in [0.4, 0.5) is 9.18 Å². The summed E-state index contributed by atoms with van der Waals surface area (Å²) >= 11 is 0. The molecule has 1 aliphatic rings. The Morgan fingerprint density at radius 2 is 1.60 bits per heavy atom. The van der Waals surface area contributed by atoms with Crippen molar-refractivity contribution in [2.45, 2.75) is 83.8 Å². The van der Waals surface area contributed by atoms with Gasteiger partial charge in [0.1, 0.15) is 25.4 Å². The summed E-state index contributed by atoms with van der Waals surface area (Å²) < 4.78 is 46.9. The van der Waals surface area contributed by atoms with Crippen LogP contribution in [0.3, 0.4) is 0 Å². The second-order valence-electron chi connectivity index (χ2n) is 8.24. The lowest BCUT2D eigenvalue weighted by molar-refractivity contribution is -0.250. The van der Waals surface area contributed by atoms with Gasteiger partial charge in [0.15, 0.2) is 24.5 Å². The number of carbonyl (C=O) groups excluding carboxylic acids is 5. The van der Waals surface area contributed by atoms with Gasteiger partial charge in [0, 0.05) is 27.7 Å². The highest BCUT2D eigenvalue weighted by atomic mass is 19.1. The van der Waals surface area contributed by atoms with Gasteiger partial charge in [0.05, 0.1) is 5.60 Å². The predicted octanol–water partition coefficient (Wildman–Crippen LogP) is 1.14. The highest BCUT2D eigenvalue weighted by Gasteiger charge is 2.57. The average molecular weight is 505 g/mol. The van der Waals surface area contributed by atoms with Gasteiger partial charge in [-0.25, -0.2) is 9.18 Å². The first-order valence-corrected chi connectivity index (χ1v) is 10.7. The lowest BCUT2D eigenvalue weighted by atomic mass is 9.83. The third-order valence-corrected chi connectivity index (χ3v) is 4.78. The molecule has 1 N–H and O–H groups in total. The molecule has 1 rings (SSSR count). The minimum atomic E-state index is -1.95. The Hall–Kier alpha value is -3.22. The Morgan fingerprint density at radius 3 is 2.09 bits per heavy atom. The van der Waals surface area contributed by atoms with E-state index in [1.807, 2.05) is 0 Å². The van der Waals surface area contributed by atoms with Crippen LogP contribution in [-0.2, 0) is 47.6 Å². The van der Waals surface area contributed by atoms with Gasteiger partial charge in [0.2, 0.25) is 0 Å². The van der Waals surface area contributed by atoms with Crippen molar-refractivity contribution in [1.82, 2.24) is 5.32 Å². The highest BCUT2D eigenvalue weighted by molar-refractivity contribution is 5.70. The number of halogens is 1. The van der Waals surface area contributed by atoms with Crippen LogP contribution in [-0.4, -0.2) is 85.4 Å². The molecule has 13 heteroatoms. The van der Waals surface area contributed by atoms with E-state index < -0.39 is 78.8 Å². The molecule has 4 unspecified atom stereocenters. The molecule has 35 heavy (non-hydrogen) atoms. The van der Waals surface area contributed by atoms with Gasteiger partial charge in [-0.2, -0.15) is 0 Å². The van der Waals surface area contributed by atoms with Crippen molar-refractivity contribution in [1.29, 1.82) is 0 Å². The summed E-state index contributed by atoms with van der Waals surface area (Å²) in [6.07, 6.45) is -7.75. The van der Waals surface area contributed by atoms with E-state index in [0.717, 1.165) is 27.7 Å². The van der Waals surface area contributed by atoms with Crippen LogP contribution in [0, 0.1) is 0 Å². The van der Waals surface area contributed by atoms with E-state index >= 15 is 4.39 Å². The molecule has 1 saturated heterocycles. The smallest absolute Gasteiger partial charge is 0.407 e. The molecule has 0 aromatic rings. The minimum Gasteiger partial charge on any atom is -0.462 e. The van der Waals surface area contributed by atoms with Gasteiger partial charge in [-0.3, -0.25) is 19.2 Å². The number of alkyl halides is 1. The number of hydrogen-bond acceptors (Lipinski definition) is 11. The van der Waals surface area contributed by atoms with Crippen LogP contribution in [0.2, 0.25) is 0 Å². The summed E-state index contributed by atoms with van der Waals surface area (Å²) in [5, 5.41) is 2.36. The van der Waals surface area contributed by atoms with Gasteiger partial charge in [-0.05, 0) is 13.8 Å². The molecule has 0 radical (unpaired) electrons. The van der Waals surface area contributed by atoms with E-state index in [1.54, 1.807) is 0 Å². The van der Waals surface area contributed by atoms with Crippen molar-refractivity contribution < 1.29 is 56.8 Å². The molecule has 0 saturated carbocycles. The Bertz CT molecular complexity index is 815. The van der Waals surface area contributed by atoms with Crippen LogP contribution in [0.5, 0.6) is 0 Å². The summed E-state index contributed by atoms with van der Waals surface area (Å²) in [6.45, 7) is 9.65. The quantitative estimate of drug-likeness (QED) is 0.258. The van der Waals surface area contributed by atoms with Crippen LogP contribution in [0.25, 0.3) is 0 Å². The topological polar surface area (TPSA) is 153 Å². The maximum atomic E-state index is 15.4. The molecule has 1 heterocycles. The van der Waals surface area contributed by atoms with Gasteiger partial charge in [-0.15, -0.1) is 0 Å². The fraction of sp³-hybridized carbons (Fsp3) is 0.682. The first-order chi connectivity index (χ1) is 16.2. The Balaban J connectivity index is 3.58. The number of esters is 4. The average Bonchev–Trinajstić information content (AvgIpc) is 2.72. The molecule has 0 spiro atoms. The van der Waals surface area contributed by atoms with Crippen molar-refractivity contribution >= 4 is 30.0 Å². The van der Waals surface area contributed by atoms with Crippen LogP contribution >= 0.6 is 0 Å². The van der Waals surface area contributed by atoms with Crippen molar-refractivity contribution in [3.63, 3.8) is 0 Å². The van der Waals surface area contributed by atoms with Crippen molar-refractivity contribution in [2.24, 2.45) is 0 Å². The van der Waals surface area contributed by atoms with E-state index in [1.165, 1.54) is 19.9 Å². The molecular formula is C22H32FNO11. The van der Waals surface area contributed by atoms with E-state index in [2.05, 4.69) is 11.9 Å². The maximum Gasteiger partial charge on any atom is 0.407 e. The number of hydrogen-bond donors (Lipinski definition) is 1. The molecule has 12 nitrogen and oxygen atoms in total. The van der Waals surface area contributed by atoms with Crippen molar-refractivity contribution in [3.05, 3.63) is 12.7 Å². The van der Waals surface area contributed by atoms with Crippen LogP contribution in [0.1, 0.15) is 41.5 Å². The largest absolute Gasteiger partial charge is 0.462 e. The normalized spacial score (nSPS) is 24.7. The van der Waals surface area contributed by atoms with E-state index in [-0.39, 0.29) is 6.61 Å². The Kier molecular flexibility index (Phi) is 11.1. The van der Waals surface area contributed by atoms with E-state index in [9.17, 15) is 24.0 Å². The first-order valence-electron chi connectivity index (χ1n) is 10.7. The fourth-order valence-electron chi connectivity index (χ4n) is 3.48. The monoisotopic (exact) mass is 505 g/mol. The number of rotatable bonds is 10. The zero-order valence-electron chi connectivity index (χ0n) is 20.5. The zero-order chi connectivity index (χ0) is 26.9. The van der Waals surface area contributed by atoms with E-state index in [4.69, 9.17) is 28.4 Å². The number of ether oxygens (including phenoxy) is 6. The Morgan fingerprint density at radius 1 is 1.00 bits per heavy atom. The second kappa shape index (κ2) is 13.0. The lowest BCUT2D eigenvalue weighted by Crippen LogP contribution is -2.70. The number of alkyl carbamates (subject to hydrolysis) is 1. The van der Waals surface area contributed by atoms with Crippen molar-refractivity contribution in [3.8, 4) is 0 Å². The summed E-state index contributed by atoms with van der Waals surface area (Å²) in [5.41, 5.74) is -1.63. The number of carbonyl (C=O) groups is 5. The molecule has 0 aromatic heterocycles. The number of amides is 1. The summed E-state index contributed by atoms with van der Waals surface area (Å²) in [6, 6.07) is -1.49. The molecule has 6 atom stereocenters. The molecule has 1 fully saturated rings. The third kappa shape index (κ3) is 9.15. The second-order valence-corrected chi connectivity index (χ2v) is 8.24. The number of nitrogens with one attached hydrogen (secondary N) is 1. The molecule has 0 bridgehead atoms. The predicted molar refractivity (Wildman–Crippen MR) is 116 cm³/mol. The standard InChI is InChI=1S/C22H32FNO11/c1-8-9-30-21(29)24-16-18(35-22(6,7)20(23)19(16)34-14(5)28)17(33-13(4)27)15(32-12(3)26)10-31-11(2)25/h8,15-20H,1,9-10H2,2-7H3,(H,24,29)/t15-,16?,17-,18?,19?,20?/m1/s1. The molecule has 0 aromatic carbocycles. The lowest BCUT2D eigenvalue weighted by Gasteiger charge is -2.49. The summed E-state index contributed by atoms with van der Waals surface area (Å²) in [5.74, 6) is -3.25. The van der Waals surface area contributed by atoms with Crippen molar-refractivity contribution in [2.75, 3.05) is 13.2 Å². The van der Waals surface area contributed by atoms with Gasteiger partial charge < -0.3 is 33.7 Å². The van der Waals surface area contributed by atoms with Gasteiger partial charge in [0.25, 0.3) is 0 Å². The summed E-state index contributed by atoms with van der Waals surface area (Å²) in [7, 11) is 0. The minimum absolute atomic E-state index is 0.192. The van der Waals surface area contributed by atoms with Crippen LogP contribution in [0.15, 0.2) is 12.7 Å². The summed E-state index contributed by atoms with van der Waals surface area (Å²) in [4.78, 5) is 59.3. The molecular weight excluding hydrogens is 473 g/mol. The SMILES string of the molecule is C=CCOC(=O)NC1C(OC(C)=O)C(F)C(C)(C)OC1[C@H](OC(C)=O)[C@@H](COC(C)=O)OC(C)=O. The van der Waals surface area contributed by atoms with Gasteiger partial charge in [-0.1, -0.05) is 12.7 Å². The van der Waals surface area contributed by atoms with Gasteiger partial charge >= 0.3 is 30.0 Å². The molecule has 1 aliphatic heterocycles. The maximum absolute atomic E-state index is 15.4. The highest BCUT2D eigenvalue weighted by Crippen LogP contribution is 2.36. The molecule has 0 aliphatic carbocycles. The van der Waals surface area contributed by atoms with Crippen LogP contribution < -0.4 is 5.32 Å². The third-order valence-electron chi connectivity index (χ3n) is 4.78. The first kappa shape index (κ1) is 29.8. The zero-order valence-corrected chi connectivity index (χ0v) is 20.5.